The average Bonchev–Trinajstić information content (AvgIpc) is 3.14. The summed E-state index contributed by atoms with van der Waals surface area (Å²) in [6.07, 6.45) is 1.33. The Labute approximate surface area is 138 Å². The van der Waals surface area contributed by atoms with Crippen molar-refractivity contribution in [2.75, 3.05) is 19.8 Å². The van der Waals surface area contributed by atoms with Gasteiger partial charge in [0, 0.05) is 17.8 Å². The van der Waals surface area contributed by atoms with Crippen molar-refractivity contribution in [1.82, 2.24) is 15.1 Å². The number of aromatic nitrogens is 3. The van der Waals surface area contributed by atoms with E-state index in [1.54, 1.807) is 12.3 Å². The highest BCUT2D eigenvalue weighted by Gasteiger charge is 2.23. The largest absolute Gasteiger partial charge is 0.439 e. The molecule has 1 saturated heterocycles. The lowest BCUT2D eigenvalue weighted by atomic mass is 10.2. The van der Waals surface area contributed by atoms with Crippen molar-refractivity contribution >= 4 is 0 Å². The number of ether oxygens (including phenoxy) is 3. The highest BCUT2D eigenvalue weighted by atomic mass is 16.6. The first-order chi connectivity index (χ1) is 11.9. The molecule has 3 heterocycles. The fraction of sp³-hybridized carbons (Fsp3) is 0.235. The minimum absolute atomic E-state index is 0.311. The van der Waals surface area contributed by atoms with Crippen LogP contribution in [-0.2, 0) is 9.47 Å². The molecule has 0 aliphatic carbocycles. The molecular weight excluding hydrogens is 310 g/mol. The van der Waals surface area contributed by atoms with Crippen LogP contribution in [0.5, 0.6) is 11.6 Å². The predicted octanol–water partition coefficient (Wildman–Crippen LogP) is 3.01. The van der Waals surface area contributed by atoms with Gasteiger partial charge in [0.1, 0.15) is 5.75 Å². The minimum Gasteiger partial charge on any atom is -0.439 e. The van der Waals surface area contributed by atoms with Gasteiger partial charge in [0.05, 0.1) is 19.8 Å². The maximum absolute atomic E-state index is 5.66. The summed E-state index contributed by atoms with van der Waals surface area (Å²) < 4.78 is 21.8. The summed E-state index contributed by atoms with van der Waals surface area (Å²) in [6, 6.07) is 13.1. The molecule has 2 aromatic heterocycles. The Kier molecular flexibility index (Phi) is 4.18. The Morgan fingerprint density at radius 2 is 1.96 bits per heavy atom. The molecule has 3 aromatic rings. The molecule has 24 heavy (non-hydrogen) atoms. The summed E-state index contributed by atoms with van der Waals surface area (Å²) in [5.41, 5.74) is 0.738. The second-order valence-electron chi connectivity index (χ2n) is 5.19. The maximum atomic E-state index is 5.66. The molecule has 122 valence electrons. The smallest absolute Gasteiger partial charge is 0.258 e. The van der Waals surface area contributed by atoms with Gasteiger partial charge in [-0.25, -0.2) is 4.98 Å². The fourth-order valence-electron chi connectivity index (χ4n) is 2.30. The first-order valence-electron chi connectivity index (χ1n) is 7.61. The monoisotopic (exact) mass is 325 g/mol. The summed E-state index contributed by atoms with van der Waals surface area (Å²) in [6.45, 7) is 1.53. The van der Waals surface area contributed by atoms with Gasteiger partial charge < -0.3 is 18.7 Å². The van der Waals surface area contributed by atoms with Gasteiger partial charge in [-0.1, -0.05) is 23.4 Å². The normalized spacial score (nSPS) is 17.6. The summed E-state index contributed by atoms with van der Waals surface area (Å²) >= 11 is 0. The number of benzene rings is 1. The lowest BCUT2D eigenvalue weighted by Gasteiger charge is -2.19. The highest BCUT2D eigenvalue weighted by molar-refractivity contribution is 5.53. The molecule has 1 aliphatic heterocycles. The van der Waals surface area contributed by atoms with Crippen molar-refractivity contribution in [2.45, 2.75) is 6.10 Å². The van der Waals surface area contributed by atoms with Gasteiger partial charge in [0.2, 0.25) is 11.7 Å². The van der Waals surface area contributed by atoms with Crippen molar-refractivity contribution in [2.24, 2.45) is 0 Å². The number of nitrogens with zero attached hydrogens (tertiary/aromatic N) is 3. The lowest BCUT2D eigenvalue weighted by Crippen LogP contribution is -2.22. The van der Waals surface area contributed by atoms with Gasteiger partial charge in [-0.2, -0.15) is 4.98 Å². The van der Waals surface area contributed by atoms with Crippen molar-refractivity contribution in [3.05, 3.63) is 54.6 Å². The summed E-state index contributed by atoms with van der Waals surface area (Å²) in [4.78, 5) is 8.63. The van der Waals surface area contributed by atoms with Crippen LogP contribution in [0.4, 0.5) is 0 Å². The molecule has 1 aliphatic rings. The van der Waals surface area contributed by atoms with Gasteiger partial charge in [0.15, 0.2) is 6.10 Å². The molecule has 0 spiro atoms. The zero-order valence-electron chi connectivity index (χ0n) is 12.8. The molecule has 0 saturated carbocycles. The Morgan fingerprint density at radius 1 is 1.04 bits per heavy atom. The van der Waals surface area contributed by atoms with Gasteiger partial charge in [-0.3, -0.25) is 0 Å². The van der Waals surface area contributed by atoms with E-state index in [1.807, 2.05) is 36.4 Å². The molecule has 1 aromatic carbocycles. The summed E-state index contributed by atoms with van der Waals surface area (Å²) in [7, 11) is 0. The van der Waals surface area contributed by atoms with Crippen LogP contribution in [-0.4, -0.2) is 34.9 Å². The van der Waals surface area contributed by atoms with Gasteiger partial charge in [-0.05, 0) is 18.2 Å². The Morgan fingerprint density at radius 3 is 2.71 bits per heavy atom. The van der Waals surface area contributed by atoms with Crippen LogP contribution in [0.15, 0.2) is 53.2 Å². The number of para-hydroxylation sites is 1. The Bertz CT molecular complexity index is 783. The zero-order valence-corrected chi connectivity index (χ0v) is 12.8. The molecule has 1 atom stereocenters. The zero-order chi connectivity index (χ0) is 16.2. The fourth-order valence-corrected chi connectivity index (χ4v) is 2.30. The Hall–Kier alpha value is -2.77. The van der Waals surface area contributed by atoms with E-state index in [4.69, 9.17) is 18.7 Å². The van der Waals surface area contributed by atoms with E-state index < -0.39 is 0 Å². The molecule has 0 N–H and O–H groups in total. The molecule has 7 nitrogen and oxygen atoms in total. The molecule has 0 unspecified atom stereocenters. The third-order valence-electron chi connectivity index (χ3n) is 3.49. The van der Waals surface area contributed by atoms with Crippen molar-refractivity contribution < 1.29 is 18.7 Å². The van der Waals surface area contributed by atoms with Gasteiger partial charge in [0.25, 0.3) is 5.89 Å². The molecule has 0 radical (unpaired) electrons. The van der Waals surface area contributed by atoms with Crippen LogP contribution in [0.1, 0.15) is 12.0 Å². The maximum Gasteiger partial charge on any atom is 0.258 e. The molecular formula is C17H15N3O4. The Balaban J connectivity index is 1.47. The van der Waals surface area contributed by atoms with Crippen LogP contribution in [0, 0.1) is 0 Å². The van der Waals surface area contributed by atoms with Gasteiger partial charge >= 0.3 is 0 Å². The topological polar surface area (TPSA) is 79.5 Å². The van der Waals surface area contributed by atoms with E-state index in [1.165, 1.54) is 0 Å². The van der Waals surface area contributed by atoms with Crippen LogP contribution in [0.25, 0.3) is 11.4 Å². The van der Waals surface area contributed by atoms with E-state index in [9.17, 15) is 0 Å². The summed E-state index contributed by atoms with van der Waals surface area (Å²) in [5.74, 6) is 2.10. The third-order valence-corrected chi connectivity index (χ3v) is 3.49. The predicted molar refractivity (Wildman–Crippen MR) is 83.6 cm³/mol. The highest BCUT2D eigenvalue weighted by Crippen LogP contribution is 2.24. The number of pyridine rings is 1. The van der Waals surface area contributed by atoms with Gasteiger partial charge in [-0.15, -0.1) is 0 Å². The first kappa shape index (κ1) is 14.8. The average molecular weight is 325 g/mol. The van der Waals surface area contributed by atoms with Crippen molar-refractivity contribution in [1.29, 1.82) is 0 Å². The number of hydrogen-bond donors (Lipinski definition) is 0. The molecule has 0 bridgehead atoms. The molecule has 4 rings (SSSR count). The van der Waals surface area contributed by atoms with Crippen LogP contribution < -0.4 is 4.74 Å². The van der Waals surface area contributed by atoms with E-state index in [2.05, 4.69) is 15.1 Å². The third kappa shape index (κ3) is 3.27. The first-order valence-corrected chi connectivity index (χ1v) is 7.61. The van der Waals surface area contributed by atoms with Crippen molar-refractivity contribution in [3.8, 4) is 23.0 Å². The second-order valence-corrected chi connectivity index (χ2v) is 5.19. The molecule has 7 heteroatoms. The lowest BCUT2D eigenvalue weighted by molar-refractivity contribution is -0.101. The van der Waals surface area contributed by atoms with E-state index in [0.717, 1.165) is 11.3 Å². The standard InChI is InChI=1S/C17H15N3O4/c1-2-4-13(5-3-1)23-15-7-6-12(10-18-15)16-19-17(24-20-16)14-11-21-8-9-22-14/h1-7,10,14H,8-9,11H2/t14-/m0/s1. The van der Waals surface area contributed by atoms with Crippen LogP contribution >= 0.6 is 0 Å². The van der Waals surface area contributed by atoms with E-state index in [-0.39, 0.29) is 6.10 Å². The number of hydrogen-bond acceptors (Lipinski definition) is 7. The van der Waals surface area contributed by atoms with Crippen LogP contribution in [0.3, 0.4) is 0 Å². The molecule has 1 fully saturated rings. The summed E-state index contributed by atoms with van der Waals surface area (Å²) in [5, 5.41) is 3.97. The molecule has 0 amide bonds. The number of rotatable bonds is 4. The van der Waals surface area contributed by atoms with Crippen molar-refractivity contribution in [3.63, 3.8) is 0 Å². The second kappa shape index (κ2) is 6.77. The van der Waals surface area contributed by atoms with Crippen LogP contribution in [0.2, 0.25) is 0 Å². The SMILES string of the molecule is c1ccc(Oc2ccc(-c3noc([C@@H]4COCCO4)n3)cn2)cc1. The van der Waals surface area contributed by atoms with E-state index >= 15 is 0 Å². The van der Waals surface area contributed by atoms with E-state index in [0.29, 0.717) is 37.4 Å². The quantitative estimate of drug-likeness (QED) is 0.729. The minimum atomic E-state index is -0.311.